The molecular weight excluding hydrogens is 290 g/mol. The number of pyridine rings is 1. The molecule has 1 aliphatic rings. The third-order valence-corrected chi connectivity index (χ3v) is 4.26. The van der Waals surface area contributed by atoms with Crippen LogP contribution in [0.2, 0.25) is 0 Å². The van der Waals surface area contributed by atoms with Crippen molar-refractivity contribution in [3.63, 3.8) is 0 Å². The molecule has 2 aromatic rings. The first-order valence-electron chi connectivity index (χ1n) is 7.96. The molecule has 0 spiro atoms. The fourth-order valence-corrected chi connectivity index (χ4v) is 2.88. The van der Waals surface area contributed by atoms with E-state index in [-0.39, 0.29) is 0 Å². The van der Waals surface area contributed by atoms with Crippen LogP contribution < -0.4 is 9.64 Å². The summed E-state index contributed by atoms with van der Waals surface area (Å²) >= 11 is 0. The van der Waals surface area contributed by atoms with Gasteiger partial charge in [0.15, 0.2) is 0 Å². The number of ether oxygens (including phenoxy) is 1. The lowest BCUT2D eigenvalue weighted by molar-refractivity contribution is 0.109. The van der Waals surface area contributed by atoms with E-state index in [0.29, 0.717) is 6.54 Å². The molecule has 1 aromatic carbocycles. The number of aromatic nitrogens is 1. The van der Waals surface area contributed by atoms with Crippen LogP contribution in [0.25, 0.3) is 0 Å². The smallest absolute Gasteiger partial charge is 0.132 e. The van der Waals surface area contributed by atoms with Gasteiger partial charge in [-0.1, -0.05) is 30.3 Å². The average molecular weight is 313 g/mol. The number of hydrogen-bond acceptors (Lipinski definition) is 5. The summed E-state index contributed by atoms with van der Waals surface area (Å²) in [5.74, 6) is 1.78. The fraction of sp³-hybridized carbons (Fsp3) is 0.389. The number of piperazine rings is 1. The minimum absolute atomic E-state index is 0.433. The minimum Gasteiger partial charge on any atom is -0.497 e. The van der Waals surface area contributed by atoms with Crippen LogP contribution in [0.5, 0.6) is 5.75 Å². The Labute approximate surface area is 137 Å². The summed E-state index contributed by atoms with van der Waals surface area (Å²) in [4.78, 5) is 8.98. The number of rotatable bonds is 5. The molecule has 0 amide bonds. The standard InChI is InChI=1S/C18H23N3O2/c1-23-16-7-8-19-18(13-16)21-11-9-20(10-12-21)14-17(22)15-5-3-2-4-6-15/h2-8,13,17,22H,9-12,14H2,1H3. The van der Waals surface area contributed by atoms with Crippen molar-refractivity contribution < 1.29 is 9.84 Å². The molecular formula is C18H23N3O2. The van der Waals surface area contributed by atoms with Gasteiger partial charge in [-0.05, 0) is 11.6 Å². The summed E-state index contributed by atoms with van der Waals surface area (Å²) in [6, 6.07) is 13.7. The van der Waals surface area contributed by atoms with Crippen molar-refractivity contribution in [2.45, 2.75) is 6.10 Å². The Morgan fingerprint density at radius 2 is 1.87 bits per heavy atom. The highest BCUT2D eigenvalue weighted by Crippen LogP contribution is 2.20. The Bertz CT molecular complexity index is 613. The lowest BCUT2D eigenvalue weighted by Gasteiger charge is -2.36. The molecule has 1 aliphatic heterocycles. The molecule has 0 radical (unpaired) electrons. The van der Waals surface area contributed by atoms with Gasteiger partial charge in [0.2, 0.25) is 0 Å². The zero-order chi connectivity index (χ0) is 16.1. The van der Waals surface area contributed by atoms with Crippen molar-refractivity contribution in [2.24, 2.45) is 0 Å². The van der Waals surface area contributed by atoms with E-state index in [4.69, 9.17) is 4.74 Å². The van der Waals surface area contributed by atoms with Crippen LogP contribution in [0.3, 0.4) is 0 Å². The van der Waals surface area contributed by atoms with Gasteiger partial charge in [0.1, 0.15) is 11.6 Å². The third-order valence-electron chi connectivity index (χ3n) is 4.26. The van der Waals surface area contributed by atoms with E-state index in [0.717, 1.165) is 43.3 Å². The van der Waals surface area contributed by atoms with Crippen molar-refractivity contribution in [3.8, 4) is 5.75 Å². The summed E-state index contributed by atoms with van der Waals surface area (Å²) in [5, 5.41) is 10.3. The topological polar surface area (TPSA) is 48.8 Å². The molecule has 1 aromatic heterocycles. The van der Waals surface area contributed by atoms with E-state index in [1.807, 2.05) is 42.5 Å². The maximum absolute atomic E-state index is 10.3. The minimum atomic E-state index is -0.433. The van der Waals surface area contributed by atoms with Gasteiger partial charge in [-0.25, -0.2) is 4.98 Å². The Morgan fingerprint density at radius 3 is 2.57 bits per heavy atom. The van der Waals surface area contributed by atoms with Crippen LogP contribution in [-0.4, -0.2) is 54.8 Å². The summed E-state index contributed by atoms with van der Waals surface area (Å²) in [6.45, 7) is 4.32. The number of nitrogens with zero attached hydrogens (tertiary/aromatic N) is 3. The summed E-state index contributed by atoms with van der Waals surface area (Å²) in [7, 11) is 1.67. The summed E-state index contributed by atoms with van der Waals surface area (Å²) < 4.78 is 5.26. The van der Waals surface area contributed by atoms with Gasteiger partial charge >= 0.3 is 0 Å². The highest BCUT2D eigenvalue weighted by atomic mass is 16.5. The van der Waals surface area contributed by atoms with E-state index in [9.17, 15) is 5.11 Å². The number of β-amino-alcohol motifs (C(OH)–C–C–N with tert-alkyl or cyclic N) is 1. The molecule has 0 saturated carbocycles. The van der Waals surface area contributed by atoms with Crippen LogP contribution in [0.15, 0.2) is 48.7 Å². The highest BCUT2D eigenvalue weighted by Gasteiger charge is 2.20. The van der Waals surface area contributed by atoms with Crippen molar-refractivity contribution in [1.29, 1.82) is 0 Å². The molecule has 1 saturated heterocycles. The first-order chi connectivity index (χ1) is 11.3. The molecule has 0 bridgehead atoms. The van der Waals surface area contributed by atoms with Gasteiger partial charge in [0, 0.05) is 45.0 Å². The van der Waals surface area contributed by atoms with Gasteiger partial charge in [0.25, 0.3) is 0 Å². The van der Waals surface area contributed by atoms with E-state index < -0.39 is 6.10 Å². The van der Waals surface area contributed by atoms with Gasteiger partial charge in [-0.2, -0.15) is 0 Å². The molecule has 3 rings (SSSR count). The van der Waals surface area contributed by atoms with Gasteiger partial charge in [-0.3, -0.25) is 4.90 Å². The predicted octanol–water partition coefficient (Wildman–Crippen LogP) is 1.95. The number of anilines is 1. The van der Waals surface area contributed by atoms with E-state index in [2.05, 4.69) is 14.8 Å². The Kier molecular flexibility index (Phi) is 5.10. The van der Waals surface area contributed by atoms with Gasteiger partial charge in [-0.15, -0.1) is 0 Å². The van der Waals surface area contributed by atoms with Gasteiger partial charge < -0.3 is 14.7 Å². The Hall–Kier alpha value is -2.11. The second-order valence-electron chi connectivity index (χ2n) is 5.77. The SMILES string of the molecule is COc1ccnc(N2CCN(CC(O)c3ccccc3)CC2)c1. The van der Waals surface area contributed by atoms with E-state index >= 15 is 0 Å². The summed E-state index contributed by atoms with van der Waals surface area (Å²) in [5.41, 5.74) is 0.976. The van der Waals surface area contributed by atoms with Gasteiger partial charge in [0.05, 0.1) is 13.2 Å². The normalized spacial score (nSPS) is 17.0. The zero-order valence-corrected chi connectivity index (χ0v) is 13.4. The maximum Gasteiger partial charge on any atom is 0.132 e. The second kappa shape index (κ2) is 7.44. The molecule has 122 valence electrons. The average Bonchev–Trinajstić information content (AvgIpc) is 2.63. The monoisotopic (exact) mass is 313 g/mol. The van der Waals surface area contributed by atoms with Crippen molar-refractivity contribution in [1.82, 2.24) is 9.88 Å². The Morgan fingerprint density at radius 1 is 1.13 bits per heavy atom. The molecule has 1 N–H and O–H groups in total. The third kappa shape index (κ3) is 4.00. The Balaban J connectivity index is 1.54. The number of aliphatic hydroxyl groups excluding tert-OH is 1. The number of benzene rings is 1. The molecule has 23 heavy (non-hydrogen) atoms. The van der Waals surface area contributed by atoms with E-state index in [1.54, 1.807) is 13.3 Å². The number of aliphatic hydroxyl groups is 1. The van der Waals surface area contributed by atoms with Crippen LogP contribution in [0.1, 0.15) is 11.7 Å². The van der Waals surface area contributed by atoms with Crippen LogP contribution in [0.4, 0.5) is 5.82 Å². The lowest BCUT2D eigenvalue weighted by Crippen LogP contribution is -2.47. The fourth-order valence-electron chi connectivity index (χ4n) is 2.88. The predicted molar refractivity (Wildman–Crippen MR) is 90.8 cm³/mol. The largest absolute Gasteiger partial charge is 0.497 e. The van der Waals surface area contributed by atoms with Crippen molar-refractivity contribution >= 4 is 5.82 Å². The second-order valence-corrected chi connectivity index (χ2v) is 5.77. The molecule has 0 aliphatic carbocycles. The highest BCUT2D eigenvalue weighted by molar-refractivity contribution is 5.44. The molecule has 2 heterocycles. The molecule has 1 atom stereocenters. The molecule has 5 nitrogen and oxygen atoms in total. The van der Waals surface area contributed by atoms with Crippen LogP contribution in [0, 0.1) is 0 Å². The lowest BCUT2D eigenvalue weighted by atomic mass is 10.1. The quantitative estimate of drug-likeness (QED) is 0.914. The summed E-state index contributed by atoms with van der Waals surface area (Å²) in [6.07, 6.45) is 1.34. The first-order valence-corrected chi connectivity index (χ1v) is 7.96. The molecule has 1 unspecified atom stereocenters. The van der Waals surface area contributed by atoms with E-state index in [1.165, 1.54) is 0 Å². The first kappa shape index (κ1) is 15.8. The number of hydrogen-bond donors (Lipinski definition) is 1. The molecule has 5 heteroatoms. The van der Waals surface area contributed by atoms with Crippen LogP contribution in [-0.2, 0) is 0 Å². The number of methoxy groups -OCH3 is 1. The molecule has 1 fully saturated rings. The van der Waals surface area contributed by atoms with Crippen molar-refractivity contribution in [3.05, 3.63) is 54.2 Å². The zero-order valence-electron chi connectivity index (χ0n) is 13.4. The maximum atomic E-state index is 10.3. The van der Waals surface area contributed by atoms with Crippen LogP contribution >= 0.6 is 0 Å². The van der Waals surface area contributed by atoms with Crippen molar-refractivity contribution in [2.75, 3.05) is 44.7 Å².